The molecule has 2 N–H and O–H groups in total. The molecule has 0 fully saturated rings. The molecular formula is C12H14N2O5S. The Morgan fingerprint density at radius 2 is 1.80 bits per heavy atom. The minimum absolute atomic E-state index is 0.0390. The predicted molar refractivity (Wildman–Crippen MR) is 72.6 cm³/mol. The van der Waals surface area contributed by atoms with E-state index in [0.29, 0.717) is 17.0 Å². The predicted octanol–water partition coefficient (Wildman–Crippen LogP) is 1.34. The molecule has 108 valence electrons. The fourth-order valence-electron chi connectivity index (χ4n) is 1.78. The maximum Gasteiger partial charge on any atom is 0.222 e. The molecule has 0 radical (unpaired) electrons. The standard InChI is InChI=1S/C12H14N2O5S/c1-17-9-6-11(20(3,15)16)10(18-2)4-7(9)8-5-12(13)19-14-8/h4-6H,13H2,1-3H3. The fourth-order valence-corrected chi connectivity index (χ4v) is 2.60. The molecule has 0 aliphatic heterocycles. The first-order valence-electron chi connectivity index (χ1n) is 5.55. The van der Waals surface area contributed by atoms with Gasteiger partial charge < -0.3 is 19.7 Å². The Balaban J connectivity index is 2.71. The first kappa shape index (κ1) is 14.2. The van der Waals surface area contributed by atoms with Gasteiger partial charge in [-0.05, 0) is 6.07 Å². The average molecular weight is 298 g/mol. The number of nitrogens with two attached hydrogens (primary N) is 1. The number of benzene rings is 1. The summed E-state index contributed by atoms with van der Waals surface area (Å²) < 4.78 is 38.6. The molecule has 0 unspecified atom stereocenters. The maximum absolute atomic E-state index is 11.7. The molecule has 2 rings (SSSR count). The average Bonchev–Trinajstić information content (AvgIpc) is 2.82. The second kappa shape index (κ2) is 5.04. The number of hydrogen-bond acceptors (Lipinski definition) is 7. The van der Waals surface area contributed by atoms with Gasteiger partial charge in [-0.2, -0.15) is 0 Å². The first-order chi connectivity index (χ1) is 9.36. The summed E-state index contributed by atoms with van der Waals surface area (Å²) in [6.07, 6.45) is 1.10. The summed E-state index contributed by atoms with van der Waals surface area (Å²) >= 11 is 0. The Bertz CT molecular complexity index is 736. The molecule has 0 saturated heterocycles. The summed E-state index contributed by atoms with van der Waals surface area (Å²) in [5.74, 6) is 0.678. The normalized spacial score (nSPS) is 11.3. The SMILES string of the molecule is COc1cc(S(C)(=O)=O)c(OC)cc1-c1cc(N)on1. The van der Waals surface area contributed by atoms with Gasteiger partial charge in [-0.3, -0.25) is 0 Å². The van der Waals surface area contributed by atoms with Gasteiger partial charge in [0.1, 0.15) is 22.1 Å². The number of methoxy groups -OCH3 is 2. The van der Waals surface area contributed by atoms with Crippen LogP contribution in [0.4, 0.5) is 5.88 Å². The van der Waals surface area contributed by atoms with Crippen molar-refractivity contribution in [2.24, 2.45) is 0 Å². The highest BCUT2D eigenvalue weighted by Gasteiger charge is 2.20. The van der Waals surface area contributed by atoms with E-state index in [9.17, 15) is 8.42 Å². The summed E-state index contributed by atoms with van der Waals surface area (Å²) in [5, 5.41) is 3.78. The minimum Gasteiger partial charge on any atom is -0.496 e. The third kappa shape index (κ3) is 2.55. The van der Waals surface area contributed by atoms with E-state index in [0.717, 1.165) is 6.26 Å². The lowest BCUT2D eigenvalue weighted by atomic mass is 10.1. The largest absolute Gasteiger partial charge is 0.496 e. The van der Waals surface area contributed by atoms with Crippen LogP contribution < -0.4 is 15.2 Å². The van der Waals surface area contributed by atoms with Crippen molar-refractivity contribution in [2.75, 3.05) is 26.2 Å². The Kier molecular flexibility index (Phi) is 3.58. The number of hydrogen-bond donors (Lipinski definition) is 1. The van der Waals surface area contributed by atoms with Crippen LogP contribution in [0, 0.1) is 0 Å². The van der Waals surface area contributed by atoms with Gasteiger partial charge in [0.05, 0.1) is 14.2 Å². The quantitative estimate of drug-likeness (QED) is 0.908. The van der Waals surface area contributed by atoms with E-state index in [1.807, 2.05) is 0 Å². The number of nitrogens with zero attached hydrogens (tertiary/aromatic N) is 1. The van der Waals surface area contributed by atoms with Crippen molar-refractivity contribution in [1.29, 1.82) is 0 Å². The van der Waals surface area contributed by atoms with Gasteiger partial charge in [0.2, 0.25) is 5.88 Å². The van der Waals surface area contributed by atoms with Crippen molar-refractivity contribution in [1.82, 2.24) is 5.16 Å². The highest BCUT2D eigenvalue weighted by Crippen LogP contribution is 2.38. The van der Waals surface area contributed by atoms with E-state index >= 15 is 0 Å². The highest BCUT2D eigenvalue weighted by molar-refractivity contribution is 7.90. The van der Waals surface area contributed by atoms with Gasteiger partial charge in [0.25, 0.3) is 0 Å². The maximum atomic E-state index is 11.7. The summed E-state index contributed by atoms with van der Waals surface area (Å²) in [6, 6.07) is 4.41. The molecule has 8 heteroatoms. The molecule has 1 aromatic heterocycles. The molecule has 0 saturated carbocycles. The molecule has 0 atom stereocenters. The zero-order valence-electron chi connectivity index (χ0n) is 11.2. The molecule has 2 aromatic rings. The number of anilines is 1. The Hall–Kier alpha value is -2.22. The van der Waals surface area contributed by atoms with E-state index in [1.54, 1.807) is 0 Å². The zero-order valence-corrected chi connectivity index (χ0v) is 12.0. The molecule has 0 aliphatic carbocycles. The molecule has 7 nitrogen and oxygen atoms in total. The Morgan fingerprint density at radius 3 is 2.25 bits per heavy atom. The number of nitrogen functional groups attached to an aromatic ring is 1. The van der Waals surface area contributed by atoms with Crippen LogP contribution in [-0.2, 0) is 9.84 Å². The topological polar surface area (TPSA) is 105 Å². The lowest BCUT2D eigenvalue weighted by Gasteiger charge is -2.12. The van der Waals surface area contributed by atoms with E-state index < -0.39 is 9.84 Å². The van der Waals surface area contributed by atoms with Crippen LogP contribution in [0.15, 0.2) is 27.6 Å². The van der Waals surface area contributed by atoms with Gasteiger partial charge in [-0.1, -0.05) is 5.16 Å². The summed E-state index contributed by atoms with van der Waals surface area (Å²) in [7, 11) is -0.628. The number of sulfone groups is 1. The van der Waals surface area contributed by atoms with E-state index in [4.69, 9.17) is 19.7 Å². The van der Waals surface area contributed by atoms with Crippen molar-refractivity contribution in [3.63, 3.8) is 0 Å². The third-order valence-corrected chi connectivity index (χ3v) is 3.81. The first-order valence-corrected chi connectivity index (χ1v) is 7.44. The van der Waals surface area contributed by atoms with Crippen LogP contribution in [0.25, 0.3) is 11.3 Å². The van der Waals surface area contributed by atoms with Crippen LogP contribution in [0.3, 0.4) is 0 Å². The smallest absolute Gasteiger partial charge is 0.222 e. The summed E-state index contributed by atoms with van der Waals surface area (Å²) in [4.78, 5) is 0.0390. The number of aromatic nitrogens is 1. The van der Waals surface area contributed by atoms with Crippen LogP contribution in [0.1, 0.15) is 0 Å². The minimum atomic E-state index is -3.45. The molecule has 1 heterocycles. The lowest BCUT2D eigenvalue weighted by Crippen LogP contribution is -2.02. The second-order valence-electron chi connectivity index (χ2n) is 4.09. The molecule has 20 heavy (non-hydrogen) atoms. The van der Waals surface area contributed by atoms with Gasteiger partial charge in [0, 0.05) is 24.0 Å². The van der Waals surface area contributed by atoms with Crippen molar-refractivity contribution >= 4 is 15.7 Å². The van der Waals surface area contributed by atoms with E-state index in [-0.39, 0.29) is 16.5 Å². The zero-order chi connectivity index (χ0) is 14.9. The molecule has 0 aliphatic rings. The fraction of sp³-hybridized carbons (Fsp3) is 0.250. The number of rotatable bonds is 4. The molecule has 0 amide bonds. The number of ether oxygens (including phenoxy) is 2. The van der Waals surface area contributed by atoms with Crippen LogP contribution >= 0.6 is 0 Å². The molecule has 0 bridgehead atoms. The van der Waals surface area contributed by atoms with Gasteiger partial charge in [0.15, 0.2) is 9.84 Å². The Labute approximate surface area is 116 Å². The van der Waals surface area contributed by atoms with Crippen molar-refractivity contribution in [3.8, 4) is 22.8 Å². The molecule has 0 spiro atoms. The van der Waals surface area contributed by atoms with Crippen LogP contribution in [0.5, 0.6) is 11.5 Å². The Morgan fingerprint density at radius 1 is 1.15 bits per heavy atom. The van der Waals surface area contributed by atoms with E-state index in [2.05, 4.69) is 5.16 Å². The second-order valence-corrected chi connectivity index (χ2v) is 6.07. The van der Waals surface area contributed by atoms with Crippen molar-refractivity contribution < 1.29 is 22.4 Å². The van der Waals surface area contributed by atoms with Gasteiger partial charge in [-0.25, -0.2) is 8.42 Å². The van der Waals surface area contributed by atoms with Crippen molar-refractivity contribution in [2.45, 2.75) is 4.90 Å². The highest BCUT2D eigenvalue weighted by atomic mass is 32.2. The lowest BCUT2D eigenvalue weighted by molar-refractivity contribution is 0.392. The van der Waals surface area contributed by atoms with Crippen LogP contribution in [0.2, 0.25) is 0 Å². The monoisotopic (exact) mass is 298 g/mol. The van der Waals surface area contributed by atoms with Crippen molar-refractivity contribution in [3.05, 3.63) is 18.2 Å². The van der Waals surface area contributed by atoms with Crippen LogP contribution in [-0.4, -0.2) is 34.0 Å². The summed E-state index contributed by atoms with van der Waals surface area (Å²) in [5.41, 5.74) is 6.43. The van der Waals surface area contributed by atoms with Gasteiger partial charge >= 0.3 is 0 Å². The summed E-state index contributed by atoms with van der Waals surface area (Å²) in [6.45, 7) is 0. The van der Waals surface area contributed by atoms with Gasteiger partial charge in [-0.15, -0.1) is 0 Å². The third-order valence-electron chi connectivity index (χ3n) is 2.69. The van der Waals surface area contributed by atoms with E-state index in [1.165, 1.54) is 32.4 Å². The molecule has 1 aromatic carbocycles. The molecular weight excluding hydrogens is 284 g/mol.